The third kappa shape index (κ3) is 4.48. The van der Waals surface area contributed by atoms with Gasteiger partial charge in [0.1, 0.15) is 30.2 Å². The normalized spacial score (nSPS) is 32.2. The van der Waals surface area contributed by atoms with Crippen LogP contribution < -0.4 is 4.74 Å². The molecule has 4 atom stereocenters. The van der Waals surface area contributed by atoms with Crippen LogP contribution >= 0.6 is 0 Å². The molecule has 2 saturated heterocycles. The fraction of sp³-hybridized carbons (Fsp3) is 0.593. The van der Waals surface area contributed by atoms with Gasteiger partial charge in [-0.15, -0.1) is 0 Å². The average molecular weight is 455 g/mol. The van der Waals surface area contributed by atoms with E-state index in [0.29, 0.717) is 13.2 Å². The Balaban J connectivity index is 1.53. The Bertz CT molecular complexity index is 905. The van der Waals surface area contributed by atoms with E-state index in [9.17, 15) is 9.90 Å². The van der Waals surface area contributed by atoms with Crippen LogP contribution in [0.3, 0.4) is 0 Å². The van der Waals surface area contributed by atoms with Crippen LogP contribution in [0.5, 0.6) is 5.75 Å². The minimum Gasteiger partial charge on any atom is -0.491 e. The molecule has 33 heavy (non-hydrogen) atoms. The molecule has 0 aromatic heterocycles. The SMILES string of the molecule is CCC1=CC(C(=O)O)C=CC1(OCC1CO1)C1(c2ccc(OCC3CO3)cc2)CCCCC1. The Labute approximate surface area is 195 Å². The van der Waals surface area contributed by atoms with Crippen molar-refractivity contribution < 1.29 is 28.8 Å². The summed E-state index contributed by atoms with van der Waals surface area (Å²) in [5.74, 6) is -0.594. The zero-order valence-corrected chi connectivity index (χ0v) is 19.3. The Hall–Kier alpha value is -2.15. The first-order valence-electron chi connectivity index (χ1n) is 12.3. The topological polar surface area (TPSA) is 80.8 Å². The first-order chi connectivity index (χ1) is 16.1. The van der Waals surface area contributed by atoms with Gasteiger partial charge in [0.2, 0.25) is 0 Å². The zero-order valence-electron chi connectivity index (χ0n) is 19.3. The van der Waals surface area contributed by atoms with Gasteiger partial charge in [0, 0.05) is 5.41 Å². The second-order valence-electron chi connectivity index (χ2n) is 9.70. The first kappa shape index (κ1) is 22.6. The molecule has 0 spiro atoms. The highest BCUT2D eigenvalue weighted by Gasteiger charge is 2.55. The van der Waals surface area contributed by atoms with Crippen LogP contribution in [0, 0.1) is 5.92 Å². The lowest BCUT2D eigenvalue weighted by Gasteiger charge is -2.54. The summed E-state index contributed by atoms with van der Waals surface area (Å²) < 4.78 is 23.4. The Kier molecular flexibility index (Phi) is 6.34. The van der Waals surface area contributed by atoms with E-state index in [-0.39, 0.29) is 17.6 Å². The quantitative estimate of drug-likeness (QED) is 0.416. The Morgan fingerprint density at radius 3 is 2.33 bits per heavy atom. The number of epoxide rings is 2. The molecular formula is C27H34O6. The van der Waals surface area contributed by atoms with Crippen LogP contribution in [-0.2, 0) is 24.4 Å². The summed E-state index contributed by atoms with van der Waals surface area (Å²) in [6, 6.07) is 8.45. The number of carboxylic acids is 1. The van der Waals surface area contributed by atoms with Gasteiger partial charge in [-0.3, -0.25) is 4.79 Å². The van der Waals surface area contributed by atoms with Crippen LogP contribution in [0.4, 0.5) is 0 Å². The number of carboxylic acid groups (broad SMARTS) is 1. The van der Waals surface area contributed by atoms with Gasteiger partial charge in [0.15, 0.2) is 0 Å². The molecule has 0 amide bonds. The lowest BCUT2D eigenvalue weighted by molar-refractivity contribution is -0.138. The molecule has 1 N–H and O–H groups in total. The summed E-state index contributed by atoms with van der Waals surface area (Å²) in [5.41, 5.74) is 1.35. The minimum atomic E-state index is -0.824. The molecule has 1 aromatic rings. The average Bonchev–Trinajstić information content (AvgIpc) is 3.77. The molecule has 3 fully saturated rings. The van der Waals surface area contributed by atoms with Crippen LogP contribution in [0.15, 0.2) is 48.1 Å². The largest absolute Gasteiger partial charge is 0.491 e. The van der Waals surface area contributed by atoms with Gasteiger partial charge in [-0.2, -0.15) is 0 Å². The van der Waals surface area contributed by atoms with Crippen molar-refractivity contribution in [3.05, 3.63) is 53.6 Å². The second kappa shape index (κ2) is 9.24. The van der Waals surface area contributed by atoms with Crippen molar-refractivity contribution in [3.8, 4) is 5.75 Å². The number of hydrogen-bond donors (Lipinski definition) is 1. The van der Waals surface area contributed by atoms with Gasteiger partial charge in [-0.05, 0) is 42.5 Å². The first-order valence-corrected chi connectivity index (χ1v) is 12.3. The number of carbonyl (C=O) groups is 1. The van der Waals surface area contributed by atoms with E-state index in [1.54, 1.807) is 0 Å². The minimum absolute atomic E-state index is 0.131. The number of hydrogen-bond acceptors (Lipinski definition) is 5. The molecule has 0 bridgehead atoms. The molecule has 2 aliphatic carbocycles. The highest BCUT2D eigenvalue weighted by atomic mass is 16.6. The molecule has 4 aliphatic rings. The van der Waals surface area contributed by atoms with Crippen molar-refractivity contribution in [2.75, 3.05) is 26.4 Å². The van der Waals surface area contributed by atoms with E-state index in [2.05, 4.69) is 25.1 Å². The van der Waals surface area contributed by atoms with Gasteiger partial charge >= 0.3 is 5.97 Å². The van der Waals surface area contributed by atoms with Gasteiger partial charge in [0.05, 0.1) is 25.7 Å². The van der Waals surface area contributed by atoms with Crippen molar-refractivity contribution in [1.29, 1.82) is 0 Å². The number of ether oxygens (including phenoxy) is 4. The van der Waals surface area contributed by atoms with Crippen molar-refractivity contribution in [2.45, 2.75) is 68.7 Å². The highest BCUT2D eigenvalue weighted by molar-refractivity contribution is 5.75. The maximum absolute atomic E-state index is 11.8. The molecule has 2 aliphatic heterocycles. The Morgan fingerprint density at radius 2 is 1.73 bits per heavy atom. The van der Waals surface area contributed by atoms with Gasteiger partial charge < -0.3 is 24.1 Å². The summed E-state index contributed by atoms with van der Waals surface area (Å²) in [7, 11) is 0. The summed E-state index contributed by atoms with van der Waals surface area (Å²) >= 11 is 0. The lowest BCUT2D eigenvalue weighted by Crippen LogP contribution is -2.56. The molecule has 178 valence electrons. The lowest BCUT2D eigenvalue weighted by atomic mass is 9.55. The van der Waals surface area contributed by atoms with Crippen LogP contribution in [-0.4, -0.2) is 55.3 Å². The molecule has 6 nitrogen and oxygen atoms in total. The summed E-state index contributed by atoms with van der Waals surface area (Å²) in [6.45, 7) is 4.71. The zero-order chi connectivity index (χ0) is 22.9. The standard InChI is InChI=1S/C27H34O6/c1-2-20-14-19(25(28)29)10-13-27(20,33-18-24-17-32-24)26(11-4-3-5-12-26)21-6-8-22(9-7-21)30-15-23-16-31-23/h6-10,13-14,19,23-24H,2-5,11-12,15-18H2,1H3,(H,28,29). The van der Waals surface area contributed by atoms with Gasteiger partial charge in [-0.25, -0.2) is 0 Å². The summed E-state index contributed by atoms with van der Waals surface area (Å²) in [6.07, 6.45) is 12.3. The van der Waals surface area contributed by atoms with E-state index in [1.165, 1.54) is 12.0 Å². The van der Waals surface area contributed by atoms with Crippen LogP contribution in [0.1, 0.15) is 51.0 Å². The second-order valence-corrected chi connectivity index (χ2v) is 9.70. The maximum atomic E-state index is 11.8. The van der Waals surface area contributed by atoms with Crippen molar-refractivity contribution in [1.82, 2.24) is 0 Å². The fourth-order valence-corrected chi connectivity index (χ4v) is 5.66. The van der Waals surface area contributed by atoms with Gasteiger partial charge in [-0.1, -0.05) is 56.5 Å². The molecular weight excluding hydrogens is 420 g/mol. The third-order valence-electron chi connectivity index (χ3n) is 7.62. The molecule has 2 heterocycles. The number of rotatable bonds is 10. The number of aliphatic carboxylic acids is 1. The van der Waals surface area contributed by atoms with Crippen LogP contribution in [0.25, 0.3) is 0 Å². The molecule has 6 heteroatoms. The summed E-state index contributed by atoms with van der Waals surface area (Å²) in [5, 5.41) is 9.69. The molecule has 5 rings (SSSR count). The molecule has 4 unspecified atom stereocenters. The van der Waals surface area contributed by atoms with Crippen LogP contribution in [0.2, 0.25) is 0 Å². The molecule has 1 saturated carbocycles. The van der Waals surface area contributed by atoms with E-state index in [4.69, 9.17) is 18.9 Å². The number of benzene rings is 1. The third-order valence-corrected chi connectivity index (χ3v) is 7.62. The Morgan fingerprint density at radius 1 is 1.06 bits per heavy atom. The van der Waals surface area contributed by atoms with Crippen molar-refractivity contribution in [2.24, 2.45) is 5.92 Å². The van der Waals surface area contributed by atoms with E-state index >= 15 is 0 Å². The molecule has 0 radical (unpaired) electrons. The maximum Gasteiger partial charge on any atom is 0.314 e. The van der Waals surface area contributed by atoms with E-state index < -0.39 is 17.5 Å². The highest BCUT2D eigenvalue weighted by Crippen LogP contribution is 2.55. The smallest absolute Gasteiger partial charge is 0.314 e. The fourth-order valence-electron chi connectivity index (χ4n) is 5.66. The monoisotopic (exact) mass is 454 g/mol. The van der Waals surface area contributed by atoms with E-state index in [1.807, 2.05) is 24.3 Å². The van der Waals surface area contributed by atoms with Crippen molar-refractivity contribution >= 4 is 5.97 Å². The predicted octanol–water partition coefficient (Wildman–Crippen LogP) is 4.43. The van der Waals surface area contributed by atoms with E-state index in [0.717, 1.165) is 56.6 Å². The summed E-state index contributed by atoms with van der Waals surface area (Å²) in [4.78, 5) is 11.8. The predicted molar refractivity (Wildman–Crippen MR) is 124 cm³/mol. The van der Waals surface area contributed by atoms with Gasteiger partial charge in [0.25, 0.3) is 0 Å². The van der Waals surface area contributed by atoms with Crippen molar-refractivity contribution in [3.63, 3.8) is 0 Å². The molecule has 1 aromatic carbocycles.